The molecule has 3 aromatic rings. The molecule has 0 radical (unpaired) electrons. The Morgan fingerprint density at radius 3 is 2.47 bits per heavy atom. The van der Waals surface area contributed by atoms with E-state index in [1.54, 1.807) is 48.5 Å². The van der Waals surface area contributed by atoms with Crippen LogP contribution in [-0.2, 0) is 4.74 Å². The van der Waals surface area contributed by atoms with Gasteiger partial charge >= 0.3 is 0 Å². The van der Waals surface area contributed by atoms with Gasteiger partial charge in [-0.15, -0.1) is 0 Å². The molecule has 0 unspecified atom stereocenters. The molecule has 174 valence electrons. The van der Waals surface area contributed by atoms with Gasteiger partial charge in [-0.25, -0.2) is 4.68 Å². The molecule has 8 heteroatoms. The summed E-state index contributed by atoms with van der Waals surface area (Å²) in [4.78, 5) is 0. The first kappa shape index (κ1) is 23.5. The van der Waals surface area contributed by atoms with Crippen molar-refractivity contribution in [3.05, 3.63) is 78.1 Å². The van der Waals surface area contributed by atoms with Gasteiger partial charge in [0.25, 0.3) is 0 Å². The molecule has 1 aliphatic heterocycles. The molecule has 0 spiro atoms. The monoisotopic (exact) mass is 460 g/mol. The van der Waals surface area contributed by atoms with Gasteiger partial charge in [-0.1, -0.05) is 41.9 Å². The van der Waals surface area contributed by atoms with Crippen LogP contribution in [0.1, 0.15) is 11.1 Å². The Balaban J connectivity index is 1.63. The first-order valence-corrected chi connectivity index (χ1v) is 10.6. The van der Waals surface area contributed by atoms with E-state index in [-0.39, 0.29) is 0 Å². The van der Waals surface area contributed by atoms with Gasteiger partial charge in [0.05, 0.1) is 31.2 Å². The smallest absolute Gasteiger partial charge is 0.191 e. The lowest BCUT2D eigenvalue weighted by molar-refractivity contribution is -0.239. The predicted octanol–water partition coefficient (Wildman–Crippen LogP) is 0.497. The van der Waals surface area contributed by atoms with Crippen molar-refractivity contribution < 1.29 is 29.9 Å². The Hall–Kier alpha value is -3.63. The van der Waals surface area contributed by atoms with Gasteiger partial charge in [-0.2, -0.15) is 5.10 Å². The molecule has 0 bridgehead atoms. The van der Waals surface area contributed by atoms with E-state index in [4.69, 9.17) is 9.47 Å². The fourth-order valence-electron chi connectivity index (χ4n) is 3.52. The highest BCUT2D eigenvalue weighted by atomic mass is 16.5. The van der Waals surface area contributed by atoms with E-state index in [9.17, 15) is 20.4 Å². The maximum Gasteiger partial charge on any atom is 0.191 e. The fraction of sp³-hybridized carbons (Fsp3) is 0.269. The van der Waals surface area contributed by atoms with E-state index in [2.05, 4.69) is 28.8 Å². The van der Waals surface area contributed by atoms with Gasteiger partial charge < -0.3 is 29.9 Å². The molecule has 0 aliphatic carbocycles. The molecule has 0 amide bonds. The predicted molar refractivity (Wildman–Crippen MR) is 123 cm³/mol. The van der Waals surface area contributed by atoms with Crippen LogP contribution >= 0.6 is 0 Å². The molecule has 5 atom stereocenters. The van der Waals surface area contributed by atoms with Gasteiger partial charge in [0.1, 0.15) is 24.1 Å². The summed E-state index contributed by atoms with van der Waals surface area (Å²) in [6.07, 6.45) is -2.45. The van der Waals surface area contributed by atoms with Crippen molar-refractivity contribution >= 4 is 0 Å². The number of hydrogen-bond donors (Lipinski definition) is 4. The fourth-order valence-corrected chi connectivity index (χ4v) is 3.52. The summed E-state index contributed by atoms with van der Waals surface area (Å²) in [7, 11) is 1.59. The summed E-state index contributed by atoms with van der Waals surface area (Å²) in [5.74, 6) is 11.8. The van der Waals surface area contributed by atoms with Crippen LogP contribution in [0, 0.1) is 23.7 Å². The van der Waals surface area contributed by atoms with Gasteiger partial charge in [-0.3, -0.25) is 0 Å². The molecule has 4 N–H and O–H groups in total. The lowest BCUT2D eigenvalue weighted by Gasteiger charge is -2.43. The molecule has 0 saturated carbocycles. The third kappa shape index (κ3) is 4.82. The van der Waals surface area contributed by atoms with Crippen molar-refractivity contribution in [2.45, 2.75) is 30.0 Å². The third-order valence-corrected chi connectivity index (χ3v) is 5.49. The van der Waals surface area contributed by atoms with Crippen molar-refractivity contribution in [3.63, 3.8) is 0 Å². The summed E-state index contributed by atoms with van der Waals surface area (Å²) in [5.41, 5.74) is -0.264. The van der Waals surface area contributed by atoms with Crippen molar-refractivity contribution in [1.82, 2.24) is 9.78 Å². The van der Waals surface area contributed by atoms with Crippen molar-refractivity contribution in [3.8, 4) is 35.1 Å². The molecule has 1 aromatic heterocycles. The third-order valence-electron chi connectivity index (χ3n) is 5.49. The largest absolute Gasteiger partial charge is 0.497 e. The van der Waals surface area contributed by atoms with Gasteiger partial charge in [0.2, 0.25) is 0 Å². The Bertz CT molecular complexity index is 1240. The Kier molecular flexibility index (Phi) is 6.99. The normalized spacial score (nSPS) is 26.0. The first-order valence-electron chi connectivity index (χ1n) is 10.6. The van der Waals surface area contributed by atoms with Crippen LogP contribution < -0.4 is 4.74 Å². The standard InChI is InChI=1S/C26H24N2O6/c1-33-21-10-8-20(9-11-21)28-16-19(15-27-28)7-12-23-26(32,14-13-18-5-3-2-4-6-18)25(31)24(30)22(17-29)34-23/h2-6,8-11,15-16,22-25,29-32H,17H2,1H3/t22-,23-,24-,25+,26-/m1/s1. The molecule has 1 fully saturated rings. The molecular weight excluding hydrogens is 436 g/mol. The summed E-state index contributed by atoms with van der Waals surface area (Å²) >= 11 is 0. The quantitative estimate of drug-likeness (QED) is 0.421. The van der Waals surface area contributed by atoms with Crippen LogP contribution in [0.4, 0.5) is 0 Å². The first-order chi connectivity index (χ1) is 16.4. The lowest BCUT2D eigenvalue weighted by Crippen LogP contribution is -2.65. The number of aromatic nitrogens is 2. The zero-order chi connectivity index (χ0) is 24.1. The SMILES string of the molecule is COc1ccc(-n2cc(C#C[C@H]3O[C@H](CO)[C@@H](O)[C@H](O)[C@@]3(O)C#Cc3ccccc3)cn2)cc1. The minimum atomic E-state index is -2.19. The minimum Gasteiger partial charge on any atom is -0.497 e. The number of hydrogen-bond acceptors (Lipinski definition) is 7. The summed E-state index contributed by atoms with van der Waals surface area (Å²) < 4.78 is 12.4. The highest BCUT2D eigenvalue weighted by Gasteiger charge is 2.53. The van der Waals surface area contributed by atoms with Crippen LogP contribution in [0.3, 0.4) is 0 Å². The van der Waals surface area contributed by atoms with Gasteiger partial charge in [0, 0.05) is 11.8 Å². The average Bonchev–Trinajstić information content (AvgIpc) is 3.35. The highest BCUT2D eigenvalue weighted by Crippen LogP contribution is 2.30. The average molecular weight is 460 g/mol. The minimum absolute atomic E-state index is 0.527. The maximum atomic E-state index is 11.2. The number of benzene rings is 2. The molecule has 1 saturated heterocycles. The summed E-state index contributed by atoms with van der Waals surface area (Å²) in [5, 5.41) is 46.0. The van der Waals surface area contributed by atoms with Crippen LogP contribution in [-0.4, -0.2) is 73.9 Å². The second-order valence-electron chi connectivity index (χ2n) is 7.75. The number of aliphatic hydroxyl groups is 4. The number of nitrogens with zero attached hydrogens (tertiary/aromatic N) is 2. The van der Waals surface area contributed by atoms with Crippen LogP contribution in [0.15, 0.2) is 67.0 Å². The van der Waals surface area contributed by atoms with E-state index in [0.29, 0.717) is 11.1 Å². The molecule has 4 rings (SSSR count). The van der Waals surface area contributed by atoms with Crippen molar-refractivity contribution in [2.24, 2.45) is 0 Å². The Morgan fingerprint density at radius 2 is 1.79 bits per heavy atom. The topological polar surface area (TPSA) is 117 Å². The van der Waals surface area contributed by atoms with E-state index >= 15 is 0 Å². The number of methoxy groups -OCH3 is 1. The van der Waals surface area contributed by atoms with Crippen LogP contribution in [0.25, 0.3) is 5.69 Å². The number of rotatable bonds is 3. The zero-order valence-corrected chi connectivity index (χ0v) is 18.4. The van der Waals surface area contributed by atoms with Crippen molar-refractivity contribution in [2.75, 3.05) is 13.7 Å². The van der Waals surface area contributed by atoms with Crippen LogP contribution in [0.2, 0.25) is 0 Å². The lowest BCUT2D eigenvalue weighted by atomic mass is 9.82. The van der Waals surface area contributed by atoms with E-state index in [1.807, 2.05) is 30.3 Å². The van der Waals surface area contributed by atoms with Crippen LogP contribution in [0.5, 0.6) is 5.75 Å². The summed E-state index contributed by atoms with van der Waals surface area (Å²) in [6.45, 7) is -0.562. The van der Waals surface area contributed by atoms with Gasteiger partial charge in [0.15, 0.2) is 11.7 Å². The zero-order valence-electron chi connectivity index (χ0n) is 18.4. The molecule has 8 nitrogen and oxygen atoms in total. The van der Waals surface area contributed by atoms with Crippen molar-refractivity contribution in [1.29, 1.82) is 0 Å². The molecular formula is C26H24N2O6. The molecule has 2 aromatic carbocycles. The second-order valence-corrected chi connectivity index (χ2v) is 7.75. The molecule has 34 heavy (non-hydrogen) atoms. The highest BCUT2D eigenvalue weighted by molar-refractivity contribution is 5.42. The second kappa shape index (κ2) is 10.1. The Labute approximate surface area is 197 Å². The Morgan fingerprint density at radius 1 is 1.06 bits per heavy atom. The summed E-state index contributed by atoms with van der Waals surface area (Å²) in [6, 6.07) is 16.2. The molecule has 1 aliphatic rings. The van der Waals surface area contributed by atoms with E-state index in [1.165, 1.54) is 0 Å². The maximum absolute atomic E-state index is 11.2. The van der Waals surface area contributed by atoms with E-state index in [0.717, 1.165) is 11.4 Å². The number of aliphatic hydroxyl groups excluding tert-OH is 3. The molecule has 2 heterocycles. The van der Waals surface area contributed by atoms with Gasteiger partial charge in [-0.05, 0) is 36.4 Å². The van der Waals surface area contributed by atoms with E-state index < -0.39 is 36.6 Å². The number of ether oxygens (including phenoxy) is 2.